The number of aldehydes is 1. The van der Waals surface area contributed by atoms with E-state index in [1.54, 1.807) is 6.20 Å². The SMILES string of the molecule is CC(C)(C)OC(=O)n1ccc2c(Cl)c(N3CCN(CC=O)CC3)ccc21. The maximum atomic E-state index is 12.4. The van der Waals surface area contributed by atoms with Gasteiger partial charge in [0.25, 0.3) is 0 Å². The number of hydrogen-bond acceptors (Lipinski definition) is 5. The summed E-state index contributed by atoms with van der Waals surface area (Å²) < 4.78 is 6.93. The van der Waals surface area contributed by atoms with Crippen molar-refractivity contribution in [2.24, 2.45) is 0 Å². The van der Waals surface area contributed by atoms with E-state index in [0.29, 0.717) is 11.6 Å². The van der Waals surface area contributed by atoms with Crippen LogP contribution in [-0.4, -0.2) is 60.2 Å². The summed E-state index contributed by atoms with van der Waals surface area (Å²) >= 11 is 6.65. The van der Waals surface area contributed by atoms with Gasteiger partial charge in [-0.3, -0.25) is 9.47 Å². The Morgan fingerprint density at radius 1 is 1.19 bits per heavy atom. The van der Waals surface area contributed by atoms with E-state index in [0.717, 1.165) is 49.1 Å². The molecule has 7 heteroatoms. The number of fused-ring (bicyclic) bond motifs is 1. The molecule has 26 heavy (non-hydrogen) atoms. The second-order valence-electron chi connectivity index (χ2n) is 7.45. The lowest BCUT2D eigenvalue weighted by Gasteiger charge is -2.35. The normalized spacial score (nSPS) is 16.1. The molecule has 0 amide bonds. The lowest BCUT2D eigenvalue weighted by atomic mass is 10.2. The van der Waals surface area contributed by atoms with Gasteiger partial charge in [0.05, 0.1) is 22.8 Å². The van der Waals surface area contributed by atoms with Gasteiger partial charge in [-0.25, -0.2) is 4.79 Å². The van der Waals surface area contributed by atoms with Crippen molar-refractivity contribution in [1.29, 1.82) is 0 Å². The van der Waals surface area contributed by atoms with Gasteiger partial charge in [-0.1, -0.05) is 11.6 Å². The number of anilines is 1. The summed E-state index contributed by atoms with van der Waals surface area (Å²) in [6.07, 6.45) is 2.21. The summed E-state index contributed by atoms with van der Waals surface area (Å²) in [5.41, 5.74) is 1.12. The first kappa shape index (κ1) is 18.7. The Kier molecular flexibility index (Phi) is 5.25. The number of nitrogens with zero attached hydrogens (tertiary/aromatic N) is 3. The van der Waals surface area contributed by atoms with Crippen molar-refractivity contribution in [3.8, 4) is 0 Å². The summed E-state index contributed by atoms with van der Waals surface area (Å²) in [6.45, 7) is 9.26. The quantitative estimate of drug-likeness (QED) is 0.767. The average Bonchev–Trinajstić information content (AvgIpc) is 3.00. The minimum absolute atomic E-state index is 0.418. The molecule has 0 unspecified atom stereocenters. The fourth-order valence-electron chi connectivity index (χ4n) is 3.16. The zero-order chi connectivity index (χ0) is 18.9. The van der Waals surface area contributed by atoms with Crippen molar-refractivity contribution in [2.45, 2.75) is 26.4 Å². The van der Waals surface area contributed by atoms with Crippen LogP contribution in [0.25, 0.3) is 10.9 Å². The topological polar surface area (TPSA) is 54.8 Å². The standard InChI is InChI=1S/C19H24ClN3O3/c1-19(2,3)26-18(25)23-7-6-14-15(23)4-5-16(17(14)20)22-10-8-21(9-11-22)12-13-24/h4-7,13H,8-12H2,1-3H3. The Labute approximate surface area is 158 Å². The van der Waals surface area contributed by atoms with E-state index >= 15 is 0 Å². The Morgan fingerprint density at radius 2 is 1.88 bits per heavy atom. The van der Waals surface area contributed by atoms with Crippen LogP contribution in [0.3, 0.4) is 0 Å². The van der Waals surface area contributed by atoms with Crippen molar-refractivity contribution in [1.82, 2.24) is 9.47 Å². The van der Waals surface area contributed by atoms with Crippen LogP contribution in [0.5, 0.6) is 0 Å². The summed E-state index contributed by atoms with van der Waals surface area (Å²) in [4.78, 5) is 27.4. The molecule has 2 heterocycles. The fourth-order valence-corrected chi connectivity index (χ4v) is 3.50. The smallest absolute Gasteiger partial charge is 0.418 e. The molecule has 0 N–H and O–H groups in total. The van der Waals surface area contributed by atoms with Crippen molar-refractivity contribution in [2.75, 3.05) is 37.6 Å². The monoisotopic (exact) mass is 377 g/mol. The van der Waals surface area contributed by atoms with Crippen LogP contribution < -0.4 is 4.90 Å². The zero-order valence-corrected chi connectivity index (χ0v) is 16.1. The van der Waals surface area contributed by atoms with E-state index in [4.69, 9.17) is 16.3 Å². The summed E-state index contributed by atoms with van der Waals surface area (Å²) in [5.74, 6) is 0. The Morgan fingerprint density at radius 3 is 2.50 bits per heavy atom. The predicted octanol–water partition coefficient (Wildman–Crippen LogP) is 3.40. The van der Waals surface area contributed by atoms with E-state index < -0.39 is 11.7 Å². The molecular weight excluding hydrogens is 354 g/mol. The molecule has 2 aromatic rings. The van der Waals surface area contributed by atoms with Crippen LogP contribution in [0.4, 0.5) is 10.5 Å². The first-order chi connectivity index (χ1) is 12.3. The van der Waals surface area contributed by atoms with Crippen LogP contribution in [0, 0.1) is 0 Å². The lowest BCUT2D eigenvalue weighted by molar-refractivity contribution is -0.108. The molecule has 0 bridgehead atoms. The van der Waals surface area contributed by atoms with Crippen molar-refractivity contribution >= 4 is 40.6 Å². The summed E-state index contributed by atoms with van der Waals surface area (Å²) in [6, 6.07) is 5.69. The van der Waals surface area contributed by atoms with E-state index in [9.17, 15) is 9.59 Å². The molecule has 1 saturated heterocycles. The third-order valence-corrected chi connectivity index (χ3v) is 4.82. The fraction of sp³-hybridized carbons (Fsp3) is 0.474. The summed E-state index contributed by atoms with van der Waals surface area (Å²) in [5, 5.41) is 1.46. The van der Waals surface area contributed by atoms with Crippen LogP contribution in [0.1, 0.15) is 20.8 Å². The molecular formula is C19H24ClN3O3. The zero-order valence-electron chi connectivity index (χ0n) is 15.4. The van der Waals surface area contributed by atoms with Crippen LogP contribution in [0.2, 0.25) is 5.02 Å². The molecule has 0 saturated carbocycles. The molecule has 0 aliphatic carbocycles. The first-order valence-corrected chi connectivity index (χ1v) is 9.12. The molecule has 1 aromatic heterocycles. The summed E-state index contributed by atoms with van der Waals surface area (Å²) in [7, 11) is 0. The molecule has 1 fully saturated rings. The first-order valence-electron chi connectivity index (χ1n) is 8.74. The number of halogens is 1. The molecule has 1 aliphatic heterocycles. The van der Waals surface area contributed by atoms with Gasteiger partial charge in [0.15, 0.2) is 0 Å². The lowest BCUT2D eigenvalue weighted by Crippen LogP contribution is -2.47. The minimum Gasteiger partial charge on any atom is -0.443 e. The predicted molar refractivity (Wildman–Crippen MR) is 103 cm³/mol. The van der Waals surface area contributed by atoms with E-state index in [2.05, 4.69) is 9.80 Å². The number of piperazine rings is 1. The number of hydrogen-bond donors (Lipinski definition) is 0. The molecule has 0 spiro atoms. The number of carbonyl (C=O) groups excluding carboxylic acids is 2. The van der Waals surface area contributed by atoms with E-state index in [1.165, 1.54) is 4.57 Å². The molecule has 0 atom stereocenters. The maximum Gasteiger partial charge on any atom is 0.418 e. The van der Waals surface area contributed by atoms with Gasteiger partial charge >= 0.3 is 6.09 Å². The second kappa shape index (κ2) is 7.29. The highest BCUT2D eigenvalue weighted by Gasteiger charge is 2.23. The molecule has 140 valence electrons. The highest BCUT2D eigenvalue weighted by atomic mass is 35.5. The molecule has 3 rings (SSSR count). The Balaban J connectivity index is 1.84. The van der Waals surface area contributed by atoms with Gasteiger partial charge in [-0.15, -0.1) is 0 Å². The van der Waals surface area contributed by atoms with Gasteiger partial charge in [-0.2, -0.15) is 0 Å². The number of ether oxygens (including phenoxy) is 1. The Hall–Kier alpha value is -2.05. The molecule has 1 aromatic carbocycles. The van der Waals surface area contributed by atoms with Gasteiger partial charge in [0, 0.05) is 37.8 Å². The molecule has 6 nitrogen and oxygen atoms in total. The highest BCUT2D eigenvalue weighted by molar-refractivity contribution is 6.38. The Bertz CT molecular complexity index is 817. The van der Waals surface area contributed by atoms with Crippen molar-refractivity contribution in [3.05, 3.63) is 29.4 Å². The van der Waals surface area contributed by atoms with Gasteiger partial charge < -0.3 is 14.4 Å². The number of rotatable bonds is 3. The second-order valence-corrected chi connectivity index (χ2v) is 7.83. The third-order valence-electron chi connectivity index (χ3n) is 4.42. The highest BCUT2D eigenvalue weighted by Crippen LogP contribution is 2.35. The van der Waals surface area contributed by atoms with Crippen molar-refractivity contribution in [3.63, 3.8) is 0 Å². The average molecular weight is 378 g/mol. The van der Waals surface area contributed by atoms with E-state index in [1.807, 2.05) is 39.0 Å². The largest absolute Gasteiger partial charge is 0.443 e. The van der Waals surface area contributed by atoms with Gasteiger partial charge in [-0.05, 0) is 39.0 Å². The third kappa shape index (κ3) is 3.86. The molecule has 0 radical (unpaired) electrons. The van der Waals surface area contributed by atoms with Gasteiger partial charge in [0.1, 0.15) is 11.9 Å². The van der Waals surface area contributed by atoms with Crippen LogP contribution in [0.15, 0.2) is 24.4 Å². The minimum atomic E-state index is -0.557. The van der Waals surface area contributed by atoms with Crippen molar-refractivity contribution < 1.29 is 14.3 Å². The van der Waals surface area contributed by atoms with Crippen LogP contribution >= 0.6 is 11.6 Å². The maximum absolute atomic E-state index is 12.4. The van der Waals surface area contributed by atoms with Gasteiger partial charge in [0.2, 0.25) is 0 Å². The number of benzene rings is 1. The number of aromatic nitrogens is 1. The van der Waals surface area contributed by atoms with Crippen LogP contribution in [-0.2, 0) is 9.53 Å². The number of carbonyl (C=O) groups is 2. The molecule has 1 aliphatic rings. The van der Waals surface area contributed by atoms with E-state index in [-0.39, 0.29) is 0 Å².